The minimum Gasteiger partial charge on any atom is -0.387 e. The second-order valence-corrected chi connectivity index (χ2v) is 16.5. The number of nitrogens with one attached hydrogen (secondary N) is 2. The Morgan fingerprint density at radius 3 is 2.59 bits per heavy atom. The summed E-state index contributed by atoms with van der Waals surface area (Å²) in [6.07, 6.45) is -5.82. The third kappa shape index (κ3) is 11.3. The molecule has 2 aliphatic rings. The van der Waals surface area contributed by atoms with Crippen molar-refractivity contribution < 1.29 is 70.9 Å². The first-order valence-electron chi connectivity index (χ1n) is 13.5. The fraction of sp³-hybridized carbons (Fsp3) is 0.455. The zero-order valence-electron chi connectivity index (χ0n) is 24.9. The van der Waals surface area contributed by atoms with Crippen LogP contribution in [0.3, 0.4) is 0 Å². The molecular weight excluding hydrogens is 759 g/mol. The Hall–Kier alpha value is -2.39. The molecule has 1 fully saturated rings. The van der Waals surface area contributed by atoms with E-state index >= 15 is 0 Å². The van der Waals surface area contributed by atoms with Gasteiger partial charge in [-0.25, -0.2) is 28.4 Å². The van der Waals surface area contributed by atoms with E-state index in [0.717, 1.165) is 9.71 Å². The van der Waals surface area contributed by atoms with E-state index in [1.54, 1.807) is 12.3 Å². The van der Waals surface area contributed by atoms with Crippen LogP contribution in [-0.4, -0.2) is 101 Å². The summed E-state index contributed by atoms with van der Waals surface area (Å²) in [5, 5.41) is 32.0. The number of rotatable bonds is 15. The van der Waals surface area contributed by atoms with Crippen molar-refractivity contribution in [1.29, 1.82) is 0 Å². The van der Waals surface area contributed by atoms with Crippen LogP contribution in [0.1, 0.15) is 30.1 Å². The van der Waals surface area contributed by atoms with Gasteiger partial charge >= 0.3 is 23.5 Å². The normalized spacial score (nSPS) is 24.4. The standard InChI is InChI=1S/C22H30N7O15P3S2/c1-40-20-16-12(5-4-9-24-14(30)7-10-48-49-15-6-2-3-8-25-15)28-29(19(16)26-22(23)27-20)21-18(32)17(31)13(42-21)11-41-46(36,37)44-47(38,39)43-45(33,34)35/h2-3,6,8,13,17-18,20-21,31-32H,7,9-11H2,1H3,(H,24,30)(H,36,37)(H,38,39)(H3,23,26,27)(H2,33,34,35)/t13-,17-,18-,20?,21-/m1/s1. The van der Waals surface area contributed by atoms with E-state index in [-0.39, 0.29) is 41.9 Å². The number of hydrogen-bond acceptors (Lipinski definition) is 18. The highest BCUT2D eigenvalue weighted by molar-refractivity contribution is 8.76. The maximum Gasteiger partial charge on any atom is 0.490 e. The van der Waals surface area contributed by atoms with Crippen molar-refractivity contribution in [2.24, 2.45) is 10.7 Å². The number of aromatic nitrogens is 3. The Balaban J connectivity index is 1.42. The summed E-state index contributed by atoms with van der Waals surface area (Å²) in [4.78, 5) is 57.0. The van der Waals surface area contributed by atoms with Crippen LogP contribution in [0, 0.1) is 11.8 Å². The molecule has 1 saturated heterocycles. The minimum atomic E-state index is -5.80. The lowest BCUT2D eigenvalue weighted by Gasteiger charge is -2.23. The van der Waals surface area contributed by atoms with Crippen LogP contribution in [0.4, 0.5) is 5.82 Å². The van der Waals surface area contributed by atoms with Crippen molar-refractivity contribution in [2.45, 2.75) is 42.2 Å². The molecule has 49 heavy (non-hydrogen) atoms. The minimum absolute atomic E-state index is 0.0566. The van der Waals surface area contributed by atoms with Crippen LogP contribution < -0.4 is 16.4 Å². The van der Waals surface area contributed by atoms with Gasteiger partial charge in [-0.2, -0.15) is 13.7 Å². The number of anilines is 1. The number of pyridine rings is 1. The van der Waals surface area contributed by atoms with Gasteiger partial charge in [-0.15, -0.1) is 0 Å². The topological polar surface area (TPSA) is 329 Å². The number of hydrogen-bond donors (Lipinski definition) is 9. The molecule has 2 aliphatic heterocycles. The number of aliphatic hydroxyl groups is 2. The van der Waals surface area contributed by atoms with Gasteiger partial charge in [-0.3, -0.25) is 9.32 Å². The van der Waals surface area contributed by atoms with Crippen molar-refractivity contribution >= 4 is 62.7 Å². The Kier molecular flexibility index (Phi) is 13.5. The number of guanidine groups is 1. The second-order valence-electron chi connectivity index (χ2n) is 9.62. The zero-order valence-corrected chi connectivity index (χ0v) is 29.2. The average molecular weight is 790 g/mol. The number of amides is 1. The fourth-order valence-corrected chi connectivity index (χ4v) is 9.03. The van der Waals surface area contributed by atoms with Crippen molar-refractivity contribution in [2.75, 3.05) is 31.3 Å². The van der Waals surface area contributed by atoms with Crippen molar-refractivity contribution in [3.8, 4) is 11.8 Å². The highest BCUT2D eigenvalue weighted by Crippen LogP contribution is 2.66. The molecule has 3 unspecified atom stereocenters. The van der Waals surface area contributed by atoms with Crippen molar-refractivity contribution in [3.05, 3.63) is 35.7 Å². The molecule has 1 amide bonds. The Bertz CT molecular complexity index is 1740. The van der Waals surface area contributed by atoms with E-state index in [1.165, 1.54) is 28.7 Å². The van der Waals surface area contributed by atoms with Crippen LogP contribution in [0.15, 0.2) is 34.4 Å². The lowest BCUT2D eigenvalue weighted by atomic mass is 10.1. The summed E-state index contributed by atoms with van der Waals surface area (Å²) >= 11 is 0. The van der Waals surface area contributed by atoms with Crippen LogP contribution in [0.2, 0.25) is 0 Å². The van der Waals surface area contributed by atoms with Gasteiger partial charge in [0.15, 0.2) is 18.4 Å². The van der Waals surface area contributed by atoms with E-state index in [0.29, 0.717) is 5.75 Å². The van der Waals surface area contributed by atoms with Crippen LogP contribution in [-0.2, 0) is 41.1 Å². The number of methoxy groups -OCH3 is 1. The van der Waals surface area contributed by atoms with E-state index in [4.69, 9.17) is 25.0 Å². The highest BCUT2D eigenvalue weighted by Gasteiger charge is 2.48. The van der Waals surface area contributed by atoms with E-state index < -0.39 is 60.8 Å². The predicted octanol–water partition coefficient (Wildman–Crippen LogP) is -0.0759. The SMILES string of the molecule is COC1N=C(N)Nc2c1c(C#CCNC(=O)CCSSc1ccccn1)nn2[C@@H]1O[C@H](COP(=O)(O)OP(=O)(O)OP(=O)(O)O)[C@@H](O)[C@H]1O. The molecule has 0 aromatic carbocycles. The first-order valence-corrected chi connectivity index (χ1v) is 20.3. The lowest BCUT2D eigenvalue weighted by Crippen LogP contribution is -2.35. The summed E-state index contributed by atoms with van der Waals surface area (Å²) in [6, 6.07) is 5.52. The molecule has 0 bridgehead atoms. The van der Waals surface area contributed by atoms with Gasteiger partial charge in [0.2, 0.25) is 5.91 Å². The third-order valence-electron chi connectivity index (χ3n) is 6.09. The maximum absolute atomic E-state index is 12.3. The zero-order chi connectivity index (χ0) is 36.0. The number of phosphoric acid groups is 3. The number of fused-ring (bicyclic) bond motifs is 1. The van der Waals surface area contributed by atoms with Crippen LogP contribution >= 0.6 is 45.1 Å². The van der Waals surface area contributed by atoms with Gasteiger partial charge < -0.3 is 55.6 Å². The monoisotopic (exact) mass is 789 g/mol. The summed E-state index contributed by atoms with van der Waals surface area (Å²) < 4.78 is 58.4. The van der Waals surface area contributed by atoms with E-state index in [9.17, 15) is 38.5 Å². The molecule has 2 aromatic heterocycles. The maximum atomic E-state index is 12.3. The number of ether oxygens (including phenoxy) is 2. The molecule has 22 nitrogen and oxygen atoms in total. The third-order valence-corrected chi connectivity index (χ3v) is 12.2. The van der Waals surface area contributed by atoms with E-state index in [2.05, 4.69) is 50.7 Å². The van der Waals surface area contributed by atoms with Crippen molar-refractivity contribution in [3.63, 3.8) is 0 Å². The largest absolute Gasteiger partial charge is 0.490 e. The number of carbonyl (C=O) groups is 1. The summed E-state index contributed by atoms with van der Waals surface area (Å²) in [5.74, 6) is 5.79. The number of carbonyl (C=O) groups excluding carboxylic acids is 1. The lowest BCUT2D eigenvalue weighted by molar-refractivity contribution is -0.120. The second kappa shape index (κ2) is 16.8. The molecule has 2 aromatic rings. The highest BCUT2D eigenvalue weighted by atomic mass is 33.1. The molecule has 7 atom stereocenters. The van der Waals surface area contributed by atoms with Gasteiger partial charge in [0.25, 0.3) is 0 Å². The van der Waals surface area contributed by atoms with Gasteiger partial charge in [-0.05, 0) is 28.8 Å². The molecule has 27 heteroatoms. The molecule has 4 rings (SSSR count). The summed E-state index contributed by atoms with van der Waals surface area (Å²) in [5.41, 5.74) is 6.19. The van der Waals surface area contributed by atoms with Gasteiger partial charge in [0, 0.05) is 25.5 Å². The molecule has 10 N–H and O–H groups in total. The molecular formula is C22H30N7O15P3S2. The number of aliphatic imine (C=N–C) groups is 1. The summed E-state index contributed by atoms with van der Waals surface area (Å²) in [7, 11) is -12.7. The Morgan fingerprint density at radius 2 is 1.92 bits per heavy atom. The quantitative estimate of drug-likeness (QED) is 0.0493. The van der Waals surface area contributed by atoms with Gasteiger partial charge in [-0.1, -0.05) is 22.8 Å². The number of phosphoric ester groups is 1. The van der Waals surface area contributed by atoms with Crippen molar-refractivity contribution in [1.82, 2.24) is 20.1 Å². The number of nitrogens with zero attached hydrogens (tertiary/aromatic N) is 4. The molecule has 0 spiro atoms. The molecule has 0 saturated carbocycles. The van der Waals surface area contributed by atoms with Gasteiger partial charge in [0.05, 0.1) is 18.7 Å². The van der Waals surface area contributed by atoms with Crippen LogP contribution in [0.5, 0.6) is 0 Å². The average Bonchev–Trinajstić information content (AvgIpc) is 3.50. The predicted molar refractivity (Wildman–Crippen MR) is 170 cm³/mol. The first kappa shape index (κ1) is 39.4. The van der Waals surface area contributed by atoms with Crippen LogP contribution in [0.25, 0.3) is 0 Å². The van der Waals surface area contributed by atoms with Gasteiger partial charge in [0.1, 0.15) is 34.8 Å². The fourth-order valence-electron chi connectivity index (χ4n) is 4.13. The molecule has 0 radical (unpaired) electrons. The first-order chi connectivity index (χ1) is 23.0. The molecule has 4 heterocycles. The molecule has 270 valence electrons. The Labute approximate surface area is 285 Å². The number of nitrogens with two attached hydrogens (primary N) is 1. The summed E-state index contributed by atoms with van der Waals surface area (Å²) in [6.45, 7) is -1.11. The number of aliphatic hydroxyl groups excluding tert-OH is 2. The van der Waals surface area contributed by atoms with E-state index in [1.807, 2.05) is 12.1 Å². The molecule has 0 aliphatic carbocycles. The Morgan fingerprint density at radius 1 is 1.16 bits per heavy atom. The smallest absolute Gasteiger partial charge is 0.387 e.